The first kappa shape index (κ1) is 12.9. The first-order valence-corrected chi connectivity index (χ1v) is 8.04. The van der Waals surface area contributed by atoms with E-state index in [2.05, 4.69) is 16.8 Å². The van der Waals surface area contributed by atoms with Crippen LogP contribution in [-0.4, -0.2) is 41.7 Å². The summed E-state index contributed by atoms with van der Waals surface area (Å²) in [5, 5.41) is 9.17. The number of Topliss-reactive ketones (excluding diaryl/α,β-unsaturated/α-hetero) is 1. The van der Waals surface area contributed by atoms with Gasteiger partial charge in [-0.2, -0.15) is 0 Å². The van der Waals surface area contributed by atoms with Crippen molar-refractivity contribution in [1.82, 2.24) is 4.90 Å². The molecule has 0 amide bonds. The van der Waals surface area contributed by atoms with E-state index < -0.39 is 6.10 Å². The average Bonchev–Trinajstić information content (AvgIpc) is 2.88. The van der Waals surface area contributed by atoms with Crippen molar-refractivity contribution < 1.29 is 19.7 Å². The van der Waals surface area contributed by atoms with E-state index in [1.165, 1.54) is 5.56 Å². The Bertz CT molecular complexity index is 687. The van der Waals surface area contributed by atoms with Gasteiger partial charge in [-0.1, -0.05) is 6.07 Å². The molecule has 5 heteroatoms. The van der Waals surface area contributed by atoms with Gasteiger partial charge in [0.1, 0.15) is 0 Å². The van der Waals surface area contributed by atoms with Gasteiger partial charge >= 0.3 is 0 Å². The van der Waals surface area contributed by atoms with Gasteiger partial charge in [0, 0.05) is 23.4 Å². The molecule has 5 rings (SSSR count). The van der Waals surface area contributed by atoms with E-state index in [0.29, 0.717) is 29.9 Å². The second-order valence-corrected chi connectivity index (χ2v) is 7.17. The van der Waals surface area contributed by atoms with Crippen molar-refractivity contribution in [2.45, 2.75) is 43.2 Å². The van der Waals surface area contributed by atoms with E-state index >= 15 is 0 Å². The first-order chi connectivity index (χ1) is 10.7. The maximum atomic E-state index is 12.6. The highest BCUT2D eigenvalue weighted by Gasteiger charge is 2.65. The molecule has 0 radical (unpaired) electrons. The third kappa shape index (κ3) is 1.27. The molecule has 1 N–H and O–H groups in total. The van der Waals surface area contributed by atoms with Gasteiger partial charge in [-0.25, -0.2) is 5.26 Å². The number of ether oxygens (including phenoxy) is 1. The molecule has 2 bridgehead atoms. The maximum Gasteiger partial charge on any atom is 0.207 e. The molecule has 1 aromatic rings. The van der Waals surface area contributed by atoms with Crippen molar-refractivity contribution in [1.29, 1.82) is 0 Å². The molecule has 0 unspecified atom stereocenters. The Hall–Kier alpha value is -1.59. The molecule has 4 aliphatic rings. The van der Waals surface area contributed by atoms with Crippen LogP contribution in [0.25, 0.3) is 0 Å². The summed E-state index contributed by atoms with van der Waals surface area (Å²) in [6, 6.07) is 4.26. The van der Waals surface area contributed by atoms with Crippen molar-refractivity contribution in [3.8, 4) is 11.5 Å². The third-order valence-corrected chi connectivity index (χ3v) is 6.47. The standard InChI is InChI=1S/C17H19NO4/c1-18-7-6-17-10-3-4-12(19)16(17)21-15-13(22-20)5-2-9(14(15)17)8-11(10)18/h2,5,10-11,16,20H,3-4,6-8H2,1H3/t10-,11+,16-,17-/m0/s1. The Kier molecular flexibility index (Phi) is 2.36. The van der Waals surface area contributed by atoms with Crippen LogP contribution in [-0.2, 0) is 16.6 Å². The largest absolute Gasteiger partial charge is 0.477 e. The number of hydrogen-bond donors (Lipinski definition) is 1. The van der Waals surface area contributed by atoms with E-state index in [1.54, 1.807) is 6.07 Å². The molecule has 22 heavy (non-hydrogen) atoms. The Balaban J connectivity index is 1.81. The van der Waals surface area contributed by atoms with Gasteiger partial charge in [-0.05, 0) is 50.4 Å². The molecule has 4 atom stereocenters. The second kappa shape index (κ2) is 4.03. The van der Waals surface area contributed by atoms with E-state index in [9.17, 15) is 4.79 Å². The lowest BCUT2D eigenvalue weighted by Gasteiger charge is -2.57. The minimum Gasteiger partial charge on any atom is -0.477 e. The van der Waals surface area contributed by atoms with Crippen LogP contribution in [0.2, 0.25) is 0 Å². The van der Waals surface area contributed by atoms with E-state index in [0.717, 1.165) is 31.4 Å². The summed E-state index contributed by atoms with van der Waals surface area (Å²) >= 11 is 0. The molecule has 1 spiro atoms. The quantitative estimate of drug-likeness (QED) is 0.633. The molecule has 2 aliphatic carbocycles. The summed E-state index contributed by atoms with van der Waals surface area (Å²) in [4.78, 5) is 19.5. The summed E-state index contributed by atoms with van der Waals surface area (Å²) in [6.45, 7) is 0.984. The van der Waals surface area contributed by atoms with Crippen molar-refractivity contribution in [2.75, 3.05) is 13.6 Å². The van der Waals surface area contributed by atoms with Gasteiger partial charge in [-0.15, -0.1) is 0 Å². The van der Waals surface area contributed by atoms with E-state index in [1.807, 2.05) is 6.07 Å². The number of nitrogens with zero attached hydrogens (tertiary/aromatic N) is 1. The van der Waals surface area contributed by atoms with E-state index in [4.69, 9.17) is 9.99 Å². The number of rotatable bonds is 1. The molecule has 5 nitrogen and oxygen atoms in total. The lowest BCUT2D eigenvalue weighted by Crippen LogP contribution is -2.65. The number of piperidine rings is 1. The summed E-state index contributed by atoms with van der Waals surface area (Å²) in [5.41, 5.74) is 2.19. The van der Waals surface area contributed by atoms with Gasteiger partial charge in [0.2, 0.25) is 5.75 Å². The Morgan fingerprint density at radius 2 is 2.32 bits per heavy atom. The van der Waals surface area contributed by atoms with Crippen LogP contribution in [0.4, 0.5) is 0 Å². The molecule has 0 aromatic heterocycles. The van der Waals surface area contributed by atoms with Crippen molar-refractivity contribution in [3.05, 3.63) is 23.3 Å². The monoisotopic (exact) mass is 301 g/mol. The van der Waals surface area contributed by atoms with Crippen molar-refractivity contribution in [2.24, 2.45) is 5.92 Å². The lowest BCUT2D eigenvalue weighted by atomic mass is 9.52. The number of ketones is 1. The highest BCUT2D eigenvalue weighted by atomic mass is 17.1. The lowest BCUT2D eigenvalue weighted by molar-refractivity contribution is -0.143. The summed E-state index contributed by atoms with van der Waals surface area (Å²) in [7, 11) is 2.19. The maximum absolute atomic E-state index is 12.6. The SMILES string of the molecule is CN1CC[C@]23c4c5ccc(OO)c4O[C@H]2C(=O)CC[C@H]3[C@H]1C5. The van der Waals surface area contributed by atoms with Crippen LogP contribution < -0.4 is 9.62 Å². The van der Waals surface area contributed by atoms with Crippen LogP contribution in [0.15, 0.2) is 12.1 Å². The molecule has 2 heterocycles. The molecule has 1 saturated carbocycles. The smallest absolute Gasteiger partial charge is 0.207 e. The minimum atomic E-state index is -0.396. The molecule has 1 saturated heterocycles. The topological polar surface area (TPSA) is 59.0 Å². The zero-order valence-electron chi connectivity index (χ0n) is 12.5. The number of likely N-dealkylation sites (N-methyl/N-ethyl adjacent to an activating group) is 1. The minimum absolute atomic E-state index is 0.201. The van der Waals surface area contributed by atoms with Crippen LogP contribution in [0.1, 0.15) is 30.4 Å². The fourth-order valence-corrected chi connectivity index (χ4v) is 5.58. The molecular formula is C17H19NO4. The number of hydrogen-bond acceptors (Lipinski definition) is 5. The predicted molar refractivity (Wildman–Crippen MR) is 78.3 cm³/mol. The van der Waals surface area contributed by atoms with Gasteiger partial charge in [0.15, 0.2) is 17.6 Å². The fourth-order valence-electron chi connectivity index (χ4n) is 5.58. The Morgan fingerprint density at radius 1 is 1.45 bits per heavy atom. The third-order valence-electron chi connectivity index (χ3n) is 6.47. The van der Waals surface area contributed by atoms with Gasteiger partial charge in [0.05, 0.1) is 0 Å². The number of likely N-dealkylation sites (tertiary alicyclic amines) is 1. The summed E-state index contributed by atoms with van der Waals surface area (Å²) < 4.78 is 6.10. The first-order valence-electron chi connectivity index (χ1n) is 8.04. The number of carbonyl (C=O) groups is 1. The molecule has 2 fully saturated rings. The fraction of sp³-hybridized carbons (Fsp3) is 0.588. The van der Waals surface area contributed by atoms with E-state index in [-0.39, 0.29) is 11.2 Å². The Morgan fingerprint density at radius 3 is 3.14 bits per heavy atom. The summed E-state index contributed by atoms with van der Waals surface area (Å²) in [6.07, 6.45) is 3.07. The number of benzene rings is 1. The second-order valence-electron chi connectivity index (χ2n) is 7.17. The van der Waals surface area contributed by atoms with Crippen molar-refractivity contribution in [3.63, 3.8) is 0 Å². The zero-order valence-corrected chi connectivity index (χ0v) is 12.5. The molecular weight excluding hydrogens is 282 g/mol. The zero-order chi connectivity index (χ0) is 15.1. The van der Waals surface area contributed by atoms with Crippen LogP contribution >= 0.6 is 0 Å². The van der Waals surface area contributed by atoms with Gasteiger partial charge in [-0.3, -0.25) is 4.79 Å². The predicted octanol–water partition coefficient (Wildman–Crippen LogP) is 1.78. The van der Waals surface area contributed by atoms with Crippen molar-refractivity contribution >= 4 is 5.78 Å². The molecule has 116 valence electrons. The van der Waals surface area contributed by atoms with Crippen LogP contribution in [0.3, 0.4) is 0 Å². The average molecular weight is 301 g/mol. The van der Waals surface area contributed by atoms with Gasteiger partial charge < -0.3 is 14.5 Å². The van der Waals surface area contributed by atoms with Gasteiger partial charge in [0.25, 0.3) is 0 Å². The normalized spacial score (nSPS) is 38.5. The Labute approximate surface area is 128 Å². The van der Waals surface area contributed by atoms with Crippen LogP contribution in [0.5, 0.6) is 11.5 Å². The highest BCUT2D eigenvalue weighted by Crippen LogP contribution is 2.62. The molecule has 1 aromatic carbocycles. The summed E-state index contributed by atoms with van der Waals surface area (Å²) in [5.74, 6) is 1.60. The number of carbonyl (C=O) groups excluding carboxylic acids is 1. The van der Waals surface area contributed by atoms with Crippen LogP contribution in [0, 0.1) is 5.92 Å². The highest BCUT2D eigenvalue weighted by molar-refractivity contribution is 5.89. The molecule has 2 aliphatic heterocycles.